The van der Waals surface area contributed by atoms with E-state index in [4.69, 9.17) is 9.47 Å². The zero-order valence-corrected chi connectivity index (χ0v) is 41.0. The number of allylic oxidation sites excluding steroid dienone is 10. The quantitative estimate of drug-likeness (QED) is 0.0262. The first-order valence-electron chi connectivity index (χ1n) is 26.5. The average Bonchev–Trinajstić information content (AvgIpc) is 3.29. The van der Waals surface area contributed by atoms with Gasteiger partial charge in [0.1, 0.15) is 24.4 Å². The zero-order chi connectivity index (χ0) is 46.6. The Bertz CT molecular complexity index is 1180. The zero-order valence-electron chi connectivity index (χ0n) is 41.0. The number of hydrogen-bond acceptors (Lipinski definition) is 8. The van der Waals surface area contributed by atoms with Crippen LogP contribution in [0.4, 0.5) is 0 Å². The molecule has 9 nitrogen and oxygen atoms in total. The molecule has 64 heavy (non-hydrogen) atoms. The third-order valence-electron chi connectivity index (χ3n) is 12.4. The summed E-state index contributed by atoms with van der Waals surface area (Å²) in [6.07, 6.45) is 52.3. The minimum absolute atomic E-state index is 0.142. The predicted octanol–water partition coefficient (Wildman–Crippen LogP) is 12.3. The molecule has 1 heterocycles. The van der Waals surface area contributed by atoms with Crippen LogP contribution in [0.5, 0.6) is 0 Å². The van der Waals surface area contributed by atoms with Crippen molar-refractivity contribution < 1.29 is 39.8 Å². The molecule has 1 aliphatic rings. The minimum atomic E-state index is -1.56. The van der Waals surface area contributed by atoms with E-state index >= 15 is 0 Å². The molecule has 0 aromatic rings. The summed E-state index contributed by atoms with van der Waals surface area (Å²) in [7, 11) is 0. The number of carbonyl (C=O) groups is 1. The van der Waals surface area contributed by atoms with E-state index < -0.39 is 49.5 Å². The van der Waals surface area contributed by atoms with Crippen LogP contribution in [0.2, 0.25) is 0 Å². The Morgan fingerprint density at radius 1 is 0.547 bits per heavy atom. The predicted molar refractivity (Wildman–Crippen MR) is 267 cm³/mol. The van der Waals surface area contributed by atoms with Crippen molar-refractivity contribution >= 4 is 5.91 Å². The fourth-order valence-corrected chi connectivity index (χ4v) is 8.19. The van der Waals surface area contributed by atoms with Crippen molar-refractivity contribution in [1.82, 2.24) is 5.32 Å². The molecular weight excluding hydrogens is 803 g/mol. The summed E-state index contributed by atoms with van der Waals surface area (Å²) >= 11 is 0. The Morgan fingerprint density at radius 3 is 1.44 bits per heavy atom. The molecule has 6 N–H and O–H groups in total. The summed E-state index contributed by atoms with van der Waals surface area (Å²) in [6.45, 7) is 3.73. The Balaban J connectivity index is 2.25. The van der Waals surface area contributed by atoms with Gasteiger partial charge in [0.15, 0.2) is 6.29 Å². The van der Waals surface area contributed by atoms with Crippen LogP contribution < -0.4 is 5.32 Å². The lowest BCUT2D eigenvalue weighted by Gasteiger charge is -2.40. The molecule has 0 aromatic heterocycles. The molecule has 1 fully saturated rings. The minimum Gasteiger partial charge on any atom is -0.394 e. The highest BCUT2D eigenvalue weighted by Crippen LogP contribution is 2.23. The number of aliphatic hydroxyl groups is 5. The first kappa shape index (κ1) is 59.9. The summed E-state index contributed by atoms with van der Waals surface area (Å²) in [5.74, 6) is -0.152. The number of rotatable bonds is 44. The van der Waals surface area contributed by atoms with Crippen LogP contribution in [0, 0.1) is 0 Å². The van der Waals surface area contributed by atoms with Gasteiger partial charge in [-0.3, -0.25) is 4.79 Å². The van der Waals surface area contributed by atoms with Gasteiger partial charge < -0.3 is 40.3 Å². The molecule has 1 rings (SSSR count). The number of amides is 1. The fraction of sp³-hybridized carbons (Fsp3) is 0.800. The number of ether oxygens (including phenoxy) is 2. The van der Waals surface area contributed by atoms with Crippen molar-refractivity contribution in [3.8, 4) is 0 Å². The summed E-state index contributed by atoms with van der Waals surface area (Å²) in [4.78, 5) is 13.0. The molecule has 0 radical (unpaired) electrons. The van der Waals surface area contributed by atoms with Crippen LogP contribution in [-0.2, 0) is 14.3 Å². The number of nitrogens with one attached hydrogen (secondary N) is 1. The lowest BCUT2D eigenvalue weighted by molar-refractivity contribution is -0.302. The standard InChI is InChI=1S/C55H99NO8/c1-3-5-7-9-11-13-15-17-19-21-22-23-24-25-26-27-28-29-31-33-35-37-39-41-43-45-51(59)56-48(47-63-55-54(62)53(61)52(60)50(46-57)64-55)49(58)44-42-40-38-36-34-32-30-20-18-16-14-12-10-8-6-4-2/h5,7,11,13,17,19,22-23,25-26,48-50,52-55,57-58,60-62H,3-4,6,8-10,12,14-16,18,20-21,24,27-47H2,1-2H3,(H,56,59)/b7-5-,13-11-,19-17-,23-22-,26-25-. The summed E-state index contributed by atoms with van der Waals surface area (Å²) < 4.78 is 11.3. The molecule has 1 saturated heterocycles. The lowest BCUT2D eigenvalue weighted by Crippen LogP contribution is -2.60. The normalized spacial score (nSPS) is 20.5. The molecule has 0 aromatic carbocycles. The second-order valence-corrected chi connectivity index (χ2v) is 18.3. The number of aliphatic hydroxyl groups excluding tert-OH is 5. The largest absolute Gasteiger partial charge is 0.394 e. The van der Waals surface area contributed by atoms with Gasteiger partial charge in [0.2, 0.25) is 5.91 Å². The maximum atomic E-state index is 13.0. The third-order valence-corrected chi connectivity index (χ3v) is 12.4. The van der Waals surface area contributed by atoms with Crippen molar-refractivity contribution in [2.45, 2.75) is 269 Å². The van der Waals surface area contributed by atoms with Crippen LogP contribution in [0.15, 0.2) is 60.8 Å². The van der Waals surface area contributed by atoms with Crippen molar-refractivity contribution in [2.75, 3.05) is 13.2 Å². The van der Waals surface area contributed by atoms with Gasteiger partial charge in [0, 0.05) is 6.42 Å². The van der Waals surface area contributed by atoms with E-state index in [1.54, 1.807) is 0 Å². The smallest absolute Gasteiger partial charge is 0.220 e. The molecule has 0 aliphatic carbocycles. The fourth-order valence-electron chi connectivity index (χ4n) is 8.19. The maximum absolute atomic E-state index is 13.0. The Labute approximate surface area is 392 Å². The van der Waals surface area contributed by atoms with Crippen LogP contribution in [0.1, 0.15) is 226 Å². The van der Waals surface area contributed by atoms with Gasteiger partial charge in [-0.1, -0.05) is 222 Å². The molecular formula is C55H99NO8. The van der Waals surface area contributed by atoms with Gasteiger partial charge in [-0.05, 0) is 57.8 Å². The maximum Gasteiger partial charge on any atom is 0.220 e. The molecule has 0 bridgehead atoms. The van der Waals surface area contributed by atoms with E-state index in [1.165, 1.54) is 122 Å². The SMILES string of the molecule is CC/C=C\C/C=C\C/C=C\C/C=C\C/C=C\CCCCCCCCCCCC(=O)NC(COC1OC(CO)C(O)C(O)C1O)C(O)CCCCCCCCCCCCCCCCCC. The summed E-state index contributed by atoms with van der Waals surface area (Å²) in [6, 6.07) is -0.725. The van der Waals surface area contributed by atoms with E-state index in [2.05, 4.69) is 79.9 Å². The molecule has 1 amide bonds. The van der Waals surface area contributed by atoms with Gasteiger partial charge in [0.25, 0.3) is 0 Å². The molecule has 0 spiro atoms. The third kappa shape index (κ3) is 34.2. The van der Waals surface area contributed by atoms with Crippen molar-refractivity contribution in [1.29, 1.82) is 0 Å². The average molecular weight is 902 g/mol. The van der Waals surface area contributed by atoms with Crippen LogP contribution in [0.3, 0.4) is 0 Å². The highest BCUT2D eigenvalue weighted by molar-refractivity contribution is 5.76. The first-order valence-corrected chi connectivity index (χ1v) is 26.5. The molecule has 7 unspecified atom stereocenters. The van der Waals surface area contributed by atoms with E-state index in [1.807, 2.05) is 0 Å². The molecule has 372 valence electrons. The van der Waals surface area contributed by atoms with Gasteiger partial charge in [-0.15, -0.1) is 0 Å². The highest BCUT2D eigenvalue weighted by Gasteiger charge is 2.44. The number of carbonyl (C=O) groups excluding carboxylic acids is 1. The van der Waals surface area contributed by atoms with Gasteiger partial charge in [0.05, 0.1) is 25.4 Å². The second-order valence-electron chi connectivity index (χ2n) is 18.3. The topological polar surface area (TPSA) is 149 Å². The Morgan fingerprint density at radius 2 is 0.969 bits per heavy atom. The van der Waals surface area contributed by atoms with Gasteiger partial charge >= 0.3 is 0 Å². The van der Waals surface area contributed by atoms with Crippen molar-refractivity contribution in [3.63, 3.8) is 0 Å². The van der Waals surface area contributed by atoms with Gasteiger partial charge in [-0.2, -0.15) is 0 Å². The highest BCUT2D eigenvalue weighted by atomic mass is 16.7. The lowest BCUT2D eigenvalue weighted by atomic mass is 9.99. The van der Waals surface area contributed by atoms with E-state index in [9.17, 15) is 30.3 Å². The molecule has 7 atom stereocenters. The van der Waals surface area contributed by atoms with Crippen LogP contribution in [-0.4, -0.2) is 87.5 Å². The second kappa shape index (κ2) is 44.7. The van der Waals surface area contributed by atoms with Crippen LogP contribution >= 0.6 is 0 Å². The van der Waals surface area contributed by atoms with Crippen LogP contribution in [0.25, 0.3) is 0 Å². The molecule has 1 aliphatic heterocycles. The number of unbranched alkanes of at least 4 members (excludes halogenated alkanes) is 24. The Kier molecular flexibility index (Phi) is 41.9. The summed E-state index contributed by atoms with van der Waals surface area (Å²) in [5, 5.41) is 54.6. The molecule has 9 heteroatoms. The van der Waals surface area contributed by atoms with Crippen molar-refractivity contribution in [3.05, 3.63) is 60.8 Å². The Hall–Kier alpha value is -2.11. The monoisotopic (exact) mass is 902 g/mol. The van der Waals surface area contributed by atoms with Gasteiger partial charge in [-0.25, -0.2) is 0 Å². The molecule has 0 saturated carbocycles. The van der Waals surface area contributed by atoms with E-state index in [-0.39, 0.29) is 12.5 Å². The first-order chi connectivity index (χ1) is 31.3. The summed E-state index contributed by atoms with van der Waals surface area (Å²) in [5.41, 5.74) is 0. The van der Waals surface area contributed by atoms with Crippen molar-refractivity contribution in [2.24, 2.45) is 0 Å². The van der Waals surface area contributed by atoms with E-state index in [0.29, 0.717) is 12.8 Å². The number of hydrogen-bond donors (Lipinski definition) is 6. The van der Waals surface area contributed by atoms with E-state index in [0.717, 1.165) is 77.0 Å².